The van der Waals surface area contributed by atoms with E-state index in [0.29, 0.717) is 15.7 Å². The summed E-state index contributed by atoms with van der Waals surface area (Å²) in [5, 5.41) is 0.447. The molecule has 1 heterocycles. The van der Waals surface area contributed by atoms with Gasteiger partial charge in [-0.15, -0.1) is 0 Å². The Balaban J connectivity index is 2.95. The van der Waals surface area contributed by atoms with Crippen LogP contribution in [0.5, 0.6) is 0 Å². The molecule has 1 aromatic heterocycles. The summed E-state index contributed by atoms with van der Waals surface area (Å²) in [4.78, 5) is 18.2. The van der Waals surface area contributed by atoms with Crippen molar-refractivity contribution in [1.82, 2.24) is 9.88 Å². The Labute approximate surface area is 87.7 Å². The van der Waals surface area contributed by atoms with E-state index in [4.69, 9.17) is 5.73 Å². The lowest BCUT2D eigenvalue weighted by atomic mass is 10.3. The predicted octanol–water partition coefficient (Wildman–Crippen LogP) is 1.51. The van der Waals surface area contributed by atoms with Crippen LogP contribution in [-0.4, -0.2) is 28.9 Å². The second kappa shape index (κ2) is 3.96. The van der Waals surface area contributed by atoms with Crippen LogP contribution >= 0.6 is 11.3 Å². The minimum absolute atomic E-state index is 0.00769. The second-order valence-corrected chi connectivity index (χ2v) is 4.51. The Morgan fingerprint density at radius 2 is 2.14 bits per heavy atom. The maximum Gasteiger partial charge on any atom is 0.265 e. The molecule has 0 saturated heterocycles. The van der Waals surface area contributed by atoms with Crippen molar-refractivity contribution in [1.29, 1.82) is 0 Å². The lowest BCUT2D eigenvalue weighted by Gasteiger charge is -2.20. The highest BCUT2D eigenvalue weighted by Gasteiger charge is 2.19. The molecule has 0 unspecified atom stereocenters. The first-order valence-corrected chi connectivity index (χ1v) is 5.25. The number of anilines is 1. The molecular formula is C9H15N3OS. The first kappa shape index (κ1) is 11.0. The van der Waals surface area contributed by atoms with Crippen molar-refractivity contribution in [2.45, 2.75) is 26.8 Å². The highest BCUT2D eigenvalue weighted by molar-refractivity contribution is 7.17. The highest BCUT2D eigenvalue weighted by Crippen LogP contribution is 2.21. The van der Waals surface area contributed by atoms with Crippen LogP contribution in [0.3, 0.4) is 0 Å². The van der Waals surface area contributed by atoms with Crippen LogP contribution in [0.1, 0.15) is 29.2 Å². The molecule has 0 spiro atoms. The second-order valence-electron chi connectivity index (χ2n) is 3.48. The zero-order chi connectivity index (χ0) is 10.9. The Kier molecular flexibility index (Phi) is 3.10. The molecule has 1 rings (SSSR count). The number of thiazole rings is 1. The van der Waals surface area contributed by atoms with E-state index in [1.165, 1.54) is 11.3 Å². The summed E-state index contributed by atoms with van der Waals surface area (Å²) in [5.74, 6) is -0.00769. The molecule has 2 N–H and O–H groups in total. The zero-order valence-corrected chi connectivity index (χ0v) is 9.68. The molecule has 78 valence electrons. The molecule has 0 radical (unpaired) electrons. The van der Waals surface area contributed by atoms with Gasteiger partial charge in [0, 0.05) is 13.1 Å². The number of hydrogen-bond acceptors (Lipinski definition) is 4. The minimum atomic E-state index is -0.00769. The number of amides is 1. The van der Waals surface area contributed by atoms with Crippen LogP contribution in [0.15, 0.2) is 0 Å². The summed E-state index contributed by atoms with van der Waals surface area (Å²) in [7, 11) is 1.78. The number of carbonyl (C=O) groups excluding carboxylic acids is 1. The maximum absolute atomic E-state index is 11.9. The van der Waals surface area contributed by atoms with Crippen LogP contribution < -0.4 is 5.73 Å². The Hall–Kier alpha value is -1.10. The summed E-state index contributed by atoms with van der Waals surface area (Å²) in [6.07, 6.45) is 0. The number of hydrogen-bond donors (Lipinski definition) is 1. The van der Waals surface area contributed by atoms with E-state index in [1.807, 2.05) is 13.8 Å². The summed E-state index contributed by atoms with van der Waals surface area (Å²) in [5.41, 5.74) is 6.24. The molecule has 0 aliphatic rings. The van der Waals surface area contributed by atoms with Crippen molar-refractivity contribution in [3.63, 3.8) is 0 Å². The van der Waals surface area contributed by atoms with E-state index in [2.05, 4.69) is 4.98 Å². The molecule has 0 saturated carbocycles. The maximum atomic E-state index is 11.9. The van der Waals surface area contributed by atoms with Gasteiger partial charge in [-0.05, 0) is 20.8 Å². The molecule has 1 amide bonds. The molecule has 0 aromatic carbocycles. The van der Waals surface area contributed by atoms with Crippen LogP contribution in [0.4, 0.5) is 5.13 Å². The fraction of sp³-hybridized carbons (Fsp3) is 0.556. The molecule has 0 atom stereocenters. The molecule has 0 aliphatic heterocycles. The van der Waals surface area contributed by atoms with Gasteiger partial charge in [0.2, 0.25) is 0 Å². The Morgan fingerprint density at radius 3 is 2.50 bits per heavy atom. The van der Waals surface area contributed by atoms with Gasteiger partial charge in [-0.1, -0.05) is 11.3 Å². The van der Waals surface area contributed by atoms with Gasteiger partial charge in [-0.25, -0.2) is 4.98 Å². The standard InChI is InChI=1S/C9H15N3OS/c1-5(2)12(4)8(13)7-6(3)11-9(10)14-7/h5H,1-4H3,(H2,10,11). The van der Waals surface area contributed by atoms with Crippen molar-refractivity contribution < 1.29 is 4.79 Å². The summed E-state index contributed by atoms with van der Waals surface area (Å²) in [6, 6.07) is 0.185. The van der Waals surface area contributed by atoms with Crippen molar-refractivity contribution in [2.75, 3.05) is 12.8 Å². The molecular weight excluding hydrogens is 198 g/mol. The predicted molar refractivity (Wildman–Crippen MR) is 58.5 cm³/mol. The van der Waals surface area contributed by atoms with Crippen molar-refractivity contribution in [3.05, 3.63) is 10.6 Å². The molecule has 0 aliphatic carbocycles. The third kappa shape index (κ3) is 2.04. The number of nitrogen functional groups attached to an aromatic ring is 1. The largest absolute Gasteiger partial charge is 0.375 e. The van der Waals surface area contributed by atoms with E-state index < -0.39 is 0 Å². The molecule has 0 bridgehead atoms. The molecule has 1 aromatic rings. The van der Waals surface area contributed by atoms with E-state index in [0.717, 1.165) is 0 Å². The fourth-order valence-electron chi connectivity index (χ4n) is 1.01. The number of rotatable bonds is 2. The summed E-state index contributed by atoms with van der Waals surface area (Å²) in [6.45, 7) is 5.74. The number of aromatic nitrogens is 1. The molecule has 5 heteroatoms. The van der Waals surface area contributed by atoms with Crippen molar-refractivity contribution in [2.24, 2.45) is 0 Å². The van der Waals surface area contributed by atoms with Gasteiger partial charge in [0.05, 0.1) is 5.69 Å². The average molecular weight is 213 g/mol. The lowest BCUT2D eigenvalue weighted by molar-refractivity contribution is 0.0759. The van der Waals surface area contributed by atoms with Gasteiger partial charge < -0.3 is 10.6 Å². The van der Waals surface area contributed by atoms with Crippen LogP contribution in [0.2, 0.25) is 0 Å². The Morgan fingerprint density at radius 1 is 1.57 bits per heavy atom. The molecule has 14 heavy (non-hydrogen) atoms. The van der Waals surface area contributed by atoms with Crippen LogP contribution in [0, 0.1) is 6.92 Å². The summed E-state index contributed by atoms with van der Waals surface area (Å²) >= 11 is 1.24. The number of nitrogens with two attached hydrogens (primary N) is 1. The fourth-order valence-corrected chi connectivity index (χ4v) is 1.83. The SMILES string of the molecule is Cc1nc(N)sc1C(=O)N(C)C(C)C. The van der Waals surface area contributed by atoms with Crippen molar-refractivity contribution >= 4 is 22.4 Å². The molecule has 4 nitrogen and oxygen atoms in total. The quantitative estimate of drug-likeness (QED) is 0.810. The smallest absolute Gasteiger partial charge is 0.265 e. The van der Waals surface area contributed by atoms with Gasteiger partial charge >= 0.3 is 0 Å². The first-order chi connectivity index (χ1) is 6.43. The van der Waals surface area contributed by atoms with Gasteiger partial charge in [0.15, 0.2) is 5.13 Å². The van der Waals surface area contributed by atoms with E-state index >= 15 is 0 Å². The number of aryl methyl sites for hydroxylation is 1. The van der Waals surface area contributed by atoms with Crippen LogP contribution in [0.25, 0.3) is 0 Å². The van der Waals surface area contributed by atoms with Gasteiger partial charge in [-0.3, -0.25) is 4.79 Å². The normalized spacial score (nSPS) is 10.6. The third-order valence-electron chi connectivity index (χ3n) is 2.10. The summed E-state index contributed by atoms with van der Waals surface area (Å²) < 4.78 is 0. The zero-order valence-electron chi connectivity index (χ0n) is 8.87. The minimum Gasteiger partial charge on any atom is -0.375 e. The van der Waals surface area contributed by atoms with Gasteiger partial charge in [0.25, 0.3) is 5.91 Å². The monoisotopic (exact) mass is 213 g/mol. The lowest BCUT2D eigenvalue weighted by Crippen LogP contribution is -2.32. The number of carbonyl (C=O) groups is 1. The van der Waals surface area contributed by atoms with Gasteiger partial charge in [-0.2, -0.15) is 0 Å². The van der Waals surface area contributed by atoms with E-state index in [-0.39, 0.29) is 11.9 Å². The first-order valence-electron chi connectivity index (χ1n) is 4.43. The van der Waals surface area contributed by atoms with Crippen molar-refractivity contribution in [3.8, 4) is 0 Å². The van der Waals surface area contributed by atoms with E-state index in [9.17, 15) is 4.79 Å². The average Bonchev–Trinajstić information content (AvgIpc) is 2.42. The van der Waals surface area contributed by atoms with E-state index in [1.54, 1.807) is 18.9 Å². The topological polar surface area (TPSA) is 59.2 Å². The highest BCUT2D eigenvalue weighted by atomic mass is 32.1. The van der Waals surface area contributed by atoms with Gasteiger partial charge in [0.1, 0.15) is 4.88 Å². The Bertz CT molecular complexity index is 346. The van der Waals surface area contributed by atoms with Crippen LogP contribution in [-0.2, 0) is 0 Å². The molecule has 0 fully saturated rings. The number of nitrogens with zero attached hydrogens (tertiary/aromatic N) is 2. The third-order valence-corrected chi connectivity index (χ3v) is 3.08.